The zero-order chi connectivity index (χ0) is 13.6. The van der Waals surface area contributed by atoms with Crippen molar-refractivity contribution in [2.75, 3.05) is 16.6 Å². The van der Waals surface area contributed by atoms with Crippen molar-refractivity contribution in [1.29, 1.82) is 0 Å². The molecule has 0 aliphatic carbocycles. The van der Waals surface area contributed by atoms with Gasteiger partial charge in [0.15, 0.2) is 0 Å². The summed E-state index contributed by atoms with van der Waals surface area (Å²) >= 11 is 0. The Kier molecular flexibility index (Phi) is 5.43. The van der Waals surface area contributed by atoms with Gasteiger partial charge in [0.2, 0.25) is 0 Å². The second-order valence-corrected chi connectivity index (χ2v) is 5.80. The van der Waals surface area contributed by atoms with Gasteiger partial charge in [-0.05, 0) is 30.5 Å². The summed E-state index contributed by atoms with van der Waals surface area (Å²) in [4.78, 5) is 0. The molecule has 1 aromatic carbocycles. The Hall–Kier alpha value is -1.27. The SMILES string of the molecule is CCCC(C)CNc1cccc(NS(N)(=O)=O)c1. The van der Waals surface area contributed by atoms with Crippen LogP contribution in [0.2, 0.25) is 0 Å². The number of rotatable bonds is 7. The molecule has 0 aliphatic heterocycles. The Bertz CT molecular complexity index is 474. The van der Waals surface area contributed by atoms with E-state index in [9.17, 15) is 8.42 Å². The van der Waals surface area contributed by atoms with Crippen LogP contribution in [0.4, 0.5) is 11.4 Å². The van der Waals surface area contributed by atoms with Crippen molar-refractivity contribution in [1.82, 2.24) is 0 Å². The average molecular weight is 271 g/mol. The van der Waals surface area contributed by atoms with Gasteiger partial charge in [0.05, 0.1) is 5.69 Å². The molecule has 1 aromatic rings. The highest BCUT2D eigenvalue weighted by molar-refractivity contribution is 7.90. The minimum absolute atomic E-state index is 0.464. The lowest BCUT2D eigenvalue weighted by Gasteiger charge is -2.13. The number of hydrogen-bond donors (Lipinski definition) is 3. The molecule has 4 N–H and O–H groups in total. The Morgan fingerprint density at radius 3 is 2.61 bits per heavy atom. The summed E-state index contributed by atoms with van der Waals surface area (Å²) < 4.78 is 24.1. The molecule has 1 atom stereocenters. The normalized spacial score (nSPS) is 13.1. The van der Waals surface area contributed by atoms with Gasteiger partial charge in [-0.15, -0.1) is 0 Å². The monoisotopic (exact) mass is 271 g/mol. The van der Waals surface area contributed by atoms with Crippen molar-refractivity contribution in [3.63, 3.8) is 0 Å². The summed E-state index contributed by atoms with van der Waals surface area (Å²) in [5, 5.41) is 8.20. The molecule has 1 rings (SSSR count). The molecule has 0 bridgehead atoms. The first-order valence-electron chi connectivity index (χ1n) is 6.05. The summed E-state index contributed by atoms with van der Waals surface area (Å²) in [6.07, 6.45) is 2.33. The molecule has 1 unspecified atom stereocenters. The predicted octanol–water partition coefficient (Wildman–Crippen LogP) is 2.15. The number of hydrogen-bond acceptors (Lipinski definition) is 3. The van der Waals surface area contributed by atoms with Crippen molar-refractivity contribution < 1.29 is 8.42 Å². The summed E-state index contributed by atoms with van der Waals surface area (Å²) in [5.74, 6) is 0.588. The quantitative estimate of drug-likeness (QED) is 0.710. The van der Waals surface area contributed by atoms with E-state index in [1.54, 1.807) is 18.2 Å². The molecular formula is C12H21N3O2S. The lowest BCUT2D eigenvalue weighted by Crippen LogP contribution is -2.21. The van der Waals surface area contributed by atoms with Crippen LogP contribution in [0.5, 0.6) is 0 Å². The van der Waals surface area contributed by atoms with Gasteiger partial charge in [-0.25, -0.2) is 5.14 Å². The van der Waals surface area contributed by atoms with Gasteiger partial charge in [0, 0.05) is 12.2 Å². The number of nitrogens with one attached hydrogen (secondary N) is 2. The van der Waals surface area contributed by atoms with Crippen LogP contribution in [-0.4, -0.2) is 15.0 Å². The van der Waals surface area contributed by atoms with E-state index >= 15 is 0 Å². The molecule has 0 aliphatic rings. The minimum Gasteiger partial charge on any atom is -0.385 e. The zero-order valence-corrected chi connectivity index (χ0v) is 11.6. The van der Waals surface area contributed by atoms with E-state index in [2.05, 4.69) is 23.9 Å². The van der Waals surface area contributed by atoms with Gasteiger partial charge in [-0.3, -0.25) is 4.72 Å². The first kappa shape index (κ1) is 14.8. The Labute approximate surface area is 109 Å². The lowest BCUT2D eigenvalue weighted by molar-refractivity contribution is 0.551. The van der Waals surface area contributed by atoms with Gasteiger partial charge < -0.3 is 5.32 Å². The van der Waals surface area contributed by atoms with Gasteiger partial charge in [-0.2, -0.15) is 8.42 Å². The van der Waals surface area contributed by atoms with E-state index in [1.165, 1.54) is 6.42 Å². The summed E-state index contributed by atoms with van der Waals surface area (Å²) in [6.45, 7) is 5.21. The van der Waals surface area contributed by atoms with Crippen molar-refractivity contribution >= 4 is 21.6 Å². The van der Waals surface area contributed by atoms with Crippen molar-refractivity contribution in [3.05, 3.63) is 24.3 Å². The molecule has 0 saturated carbocycles. The molecule has 0 spiro atoms. The molecule has 6 heteroatoms. The van der Waals surface area contributed by atoms with Crippen LogP contribution in [-0.2, 0) is 10.2 Å². The van der Waals surface area contributed by atoms with Crippen molar-refractivity contribution in [2.45, 2.75) is 26.7 Å². The molecule has 0 radical (unpaired) electrons. The van der Waals surface area contributed by atoms with Crippen LogP contribution in [0.25, 0.3) is 0 Å². The lowest BCUT2D eigenvalue weighted by atomic mass is 10.1. The van der Waals surface area contributed by atoms with Gasteiger partial charge in [-0.1, -0.05) is 26.3 Å². The smallest absolute Gasteiger partial charge is 0.296 e. The van der Waals surface area contributed by atoms with Crippen molar-refractivity contribution in [3.8, 4) is 0 Å². The third-order valence-corrected chi connectivity index (χ3v) is 3.08. The molecule has 0 heterocycles. The van der Waals surface area contributed by atoms with Gasteiger partial charge >= 0.3 is 0 Å². The minimum atomic E-state index is -3.71. The molecular weight excluding hydrogens is 250 g/mol. The van der Waals surface area contributed by atoms with Crippen LogP contribution < -0.4 is 15.2 Å². The average Bonchev–Trinajstić information content (AvgIpc) is 2.25. The van der Waals surface area contributed by atoms with Crippen LogP contribution in [0.15, 0.2) is 24.3 Å². The van der Waals surface area contributed by atoms with Gasteiger partial charge in [0.1, 0.15) is 0 Å². The fraction of sp³-hybridized carbons (Fsp3) is 0.500. The van der Waals surface area contributed by atoms with Crippen LogP contribution in [0.3, 0.4) is 0 Å². The molecule has 0 amide bonds. The van der Waals surface area contributed by atoms with E-state index in [-0.39, 0.29) is 0 Å². The molecule has 18 heavy (non-hydrogen) atoms. The van der Waals surface area contributed by atoms with E-state index in [1.807, 2.05) is 6.07 Å². The standard InChI is InChI=1S/C12H21N3O2S/c1-3-5-10(2)9-14-11-6-4-7-12(8-11)15-18(13,16)17/h4,6-8,10,14-15H,3,5,9H2,1-2H3,(H2,13,16,17). The second kappa shape index (κ2) is 6.61. The van der Waals surface area contributed by atoms with Gasteiger partial charge in [0.25, 0.3) is 10.2 Å². The number of anilines is 2. The first-order valence-corrected chi connectivity index (χ1v) is 7.60. The number of benzene rings is 1. The fourth-order valence-corrected chi connectivity index (χ4v) is 2.20. The Balaban J connectivity index is 2.60. The molecule has 0 saturated heterocycles. The van der Waals surface area contributed by atoms with E-state index < -0.39 is 10.2 Å². The highest BCUT2D eigenvalue weighted by Crippen LogP contribution is 2.16. The number of nitrogens with two attached hydrogens (primary N) is 1. The van der Waals surface area contributed by atoms with Crippen LogP contribution in [0.1, 0.15) is 26.7 Å². The van der Waals surface area contributed by atoms with E-state index in [4.69, 9.17) is 5.14 Å². The van der Waals surface area contributed by atoms with E-state index in [0.29, 0.717) is 11.6 Å². The van der Waals surface area contributed by atoms with E-state index in [0.717, 1.165) is 18.7 Å². The summed E-state index contributed by atoms with van der Waals surface area (Å²) in [6, 6.07) is 7.06. The Morgan fingerprint density at radius 1 is 1.33 bits per heavy atom. The van der Waals surface area contributed by atoms with Crippen LogP contribution >= 0.6 is 0 Å². The second-order valence-electron chi connectivity index (χ2n) is 4.50. The maximum atomic E-state index is 10.9. The highest BCUT2D eigenvalue weighted by atomic mass is 32.2. The maximum Gasteiger partial charge on any atom is 0.296 e. The third-order valence-electron chi connectivity index (χ3n) is 2.56. The largest absolute Gasteiger partial charge is 0.385 e. The first-order chi connectivity index (χ1) is 8.40. The maximum absolute atomic E-state index is 10.9. The molecule has 102 valence electrons. The summed E-state index contributed by atoms with van der Waals surface area (Å²) in [5.41, 5.74) is 1.34. The van der Waals surface area contributed by atoms with Crippen LogP contribution in [0, 0.1) is 5.92 Å². The fourth-order valence-electron chi connectivity index (χ4n) is 1.74. The molecule has 0 fully saturated rings. The topological polar surface area (TPSA) is 84.2 Å². The molecule has 5 nitrogen and oxygen atoms in total. The third kappa shape index (κ3) is 5.88. The zero-order valence-electron chi connectivity index (χ0n) is 10.8. The summed E-state index contributed by atoms with van der Waals surface area (Å²) in [7, 11) is -3.71. The predicted molar refractivity (Wildman–Crippen MR) is 75.7 cm³/mol. The van der Waals surface area contributed by atoms with Crippen molar-refractivity contribution in [2.24, 2.45) is 11.1 Å². The Morgan fingerprint density at radius 2 is 2.00 bits per heavy atom. The molecule has 0 aromatic heterocycles. The highest BCUT2D eigenvalue weighted by Gasteiger charge is 2.04.